The molecule has 3 rings (SSSR count). The summed E-state index contributed by atoms with van der Waals surface area (Å²) in [5.74, 6) is 2.47. The lowest BCUT2D eigenvalue weighted by molar-refractivity contribution is 0.366. The number of hydrogen-bond donors (Lipinski definition) is 1. The second-order valence-electron chi connectivity index (χ2n) is 6.49. The molecule has 0 bridgehead atoms. The van der Waals surface area contributed by atoms with Crippen molar-refractivity contribution in [2.75, 3.05) is 51.8 Å². The van der Waals surface area contributed by atoms with E-state index >= 15 is 0 Å². The van der Waals surface area contributed by atoms with Gasteiger partial charge in [-0.15, -0.1) is 24.0 Å². The van der Waals surface area contributed by atoms with Crippen molar-refractivity contribution >= 4 is 35.6 Å². The molecule has 7 nitrogen and oxygen atoms in total. The van der Waals surface area contributed by atoms with Crippen LogP contribution in [0.4, 0.5) is 5.69 Å². The van der Waals surface area contributed by atoms with E-state index in [1.54, 1.807) is 20.4 Å². The summed E-state index contributed by atoms with van der Waals surface area (Å²) in [7, 11) is 3.36. The fourth-order valence-electron chi connectivity index (χ4n) is 3.36. The Morgan fingerprint density at radius 1 is 1.07 bits per heavy atom. The third-order valence-corrected chi connectivity index (χ3v) is 4.78. The van der Waals surface area contributed by atoms with Crippen molar-refractivity contribution in [2.24, 2.45) is 4.99 Å². The predicted molar refractivity (Wildman–Crippen MR) is 128 cm³/mol. The summed E-state index contributed by atoms with van der Waals surface area (Å²) in [4.78, 5) is 13.7. The Balaban J connectivity index is 0.00000300. The van der Waals surface area contributed by atoms with Crippen LogP contribution in [-0.4, -0.2) is 62.8 Å². The van der Waals surface area contributed by atoms with Gasteiger partial charge in [-0.2, -0.15) is 0 Å². The molecule has 29 heavy (non-hydrogen) atoms. The highest BCUT2D eigenvalue weighted by atomic mass is 127. The molecule has 0 atom stereocenters. The number of aliphatic imine (C=N–C) groups is 1. The van der Waals surface area contributed by atoms with Crippen LogP contribution in [-0.2, 0) is 6.54 Å². The Hall–Kier alpha value is -2.23. The minimum Gasteiger partial charge on any atom is -0.495 e. The van der Waals surface area contributed by atoms with Gasteiger partial charge >= 0.3 is 0 Å². The van der Waals surface area contributed by atoms with Crippen molar-refractivity contribution in [3.63, 3.8) is 0 Å². The SMILES string of the molecule is CCNC(=NCc1cccnc1OC)N1CCN(c2ccccc2OC)CC1.I. The van der Waals surface area contributed by atoms with Gasteiger partial charge in [0, 0.05) is 44.5 Å². The molecule has 0 unspecified atom stereocenters. The summed E-state index contributed by atoms with van der Waals surface area (Å²) >= 11 is 0. The van der Waals surface area contributed by atoms with Crippen molar-refractivity contribution in [1.82, 2.24) is 15.2 Å². The molecule has 0 spiro atoms. The second-order valence-corrected chi connectivity index (χ2v) is 6.49. The van der Waals surface area contributed by atoms with Gasteiger partial charge in [-0.25, -0.2) is 9.98 Å². The van der Waals surface area contributed by atoms with Crippen LogP contribution in [0.2, 0.25) is 0 Å². The molecule has 1 aromatic carbocycles. The highest BCUT2D eigenvalue weighted by molar-refractivity contribution is 14.0. The molecule has 0 saturated carbocycles. The molecule has 0 radical (unpaired) electrons. The molecule has 1 aliphatic heterocycles. The fourth-order valence-corrected chi connectivity index (χ4v) is 3.36. The molecule has 158 valence electrons. The molecule has 2 heterocycles. The lowest BCUT2D eigenvalue weighted by atomic mass is 10.2. The van der Waals surface area contributed by atoms with Crippen LogP contribution in [0.3, 0.4) is 0 Å². The number of guanidine groups is 1. The van der Waals surface area contributed by atoms with Crippen LogP contribution in [0.5, 0.6) is 11.6 Å². The topological polar surface area (TPSA) is 62.2 Å². The summed E-state index contributed by atoms with van der Waals surface area (Å²) in [5.41, 5.74) is 2.12. The number of nitrogens with zero attached hydrogens (tertiary/aromatic N) is 4. The van der Waals surface area contributed by atoms with Crippen LogP contribution in [0, 0.1) is 0 Å². The fraction of sp³-hybridized carbons (Fsp3) is 0.429. The van der Waals surface area contributed by atoms with Gasteiger partial charge in [0.15, 0.2) is 5.96 Å². The largest absolute Gasteiger partial charge is 0.495 e. The van der Waals surface area contributed by atoms with E-state index in [0.717, 1.165) is 55.7 Å². The van der Waals surface area contributed by atoms with Crippen LogP contribution < -0.4 is 19.7 Å². The van der Waals surface area contributed by atoms with E-state index in [-0.39, 0.29) is 24.0 Å². The molecule has 1 fully saturated rings. The standard InChI is InChI=1S/C21H29N5O2.HI/c1-4-22-21(24-16-17-8-7-11-23-20(17)28-3)26-14-12-25(13-15-26)18-9-5-6-10-19(18)27-2;/h5-11H,4,12-16H2,1-3H3,(H,22,24);1H. The smallest absolute Gasteiger partial charge is 0.218 e. The van der Waals surface area contributed by atoms with Crippen molar-refractivity contribution in [2.45, 2.75) is 13.5 Å². The van der Waals surface area contributed by atoms with Crippen molar-refractivity contribution < 1.29 is 9.47 Å². The summed E-state index contributed by atoms with van der Waals surface area (Å²) in [6.07, 6.45) is 1.73. The molecular formula is C21H30IN5O2. The van der Waals surface area contributed by atoms with Crippen molar-refractivity contribution in [3.8, 4) is 11.6 Å². The average molecular weight is 511 g/mol. The van der Waals surface area contributed by atoms with Gasteiger partial charge in [0.05, 0.1) is 26.5 Å². The normalized spacial score (nSPS) is 14.2. The van der Waals surface area contributed by atoms with E-state index in [1.807, 2.05) is 24.3 Å². The summed E-state index contributed by atoms with van der Waals surface area (Å²) in [5, 5.41) is 3.41. The zero-order chi connectivity index (χ0) is 19.8. The molecule has 0 amide bonds. The third-order valence-electron chi connectivity index (χ3n) is 4.78. The van der Waals surface area contributed by atoms with Gasteiger partial charge < -0.3 is 24.6 Å². The number of pyridine rings is 1. The number of ether oxygens (including phenoxy) is 2. The first-order valence-corrected chi connectivity index (χ1v) is 9.66. The van der Waals surface area contributed by atoms with Crippen molar-refractivity contribution in [3.05, 3.63) is 48.2 Å². The number of hydrogen-bond acceptors (Lipinski definition) is 5. The van der Waals surface area contributed by atoms with Gasteiger partial charge in [-0.05, 0) is 25.1 Å². The second kappa shape index (κ2) is 11.7. The number of nitrogens with one attached hydrogen (secondary N) is 1. The number of methoxy groups -OCH3 is 2. The number of anilines is 1. The van der Waals surface area contributed by atoms with Gasteiger partial charge in [-0.3, -0.25) is 0 Å². The average Bonchev–Trinajstić information content (AvgIpc) is 2.77. The number of para-hydroxylation sites is 2. The van der Waals surface area contributed by atoms with Crippen molar-refractivity contribution in [1.29, 1.82) is 0 Å². The van der Waals surface area contributed by atoms with Crippen LogP contribution in [0.15, 0.2) is 47.6 Å². The zero-order valence-corrected chi connectivity index (χ0v) is 19.6. The van der Waals surface area contributed by atoms with E-state index in [9.17, 15) is 0 Å². The van der Waals surface area contributed by atoms with Gasteiger partial charge in [0.1, 0.15) is 5.75 Å². The molecule has 1 aliphatic rings. The number of piperazine rings is 1. The summed E-state index contributed by atoms with van der Waals surface area (Å²) in [6.45, 7) is 7.08. The minimum absolute atomic E-state index is 0. The van der Waals surface area contributed by atoms with Gasteiger partial charge in [0.2, 0.25) is 5.88 Å². The first-order chi connectivity index (χ1) is 13.8. The number of benzene rings is 1. The number of halogens is 1. The van der Waals surface area contributed by atoms with E-state index < -0.39 is 0 Å². The highest BCUT2D eigenvalue weighted by Crippen LogP contribution is 2.28. The Kier molecular flexibility index (Phi) is 9.30. The Labute approximate surface area is 190 Å². The molecule has 8 heteroatoms. The molecule has 1 N–H and O–H groups in total. The van der Waals surface area contributed by atoms with Crippen LogP contribution >= 0.6 is 24.0 Å². The Bertz CT molecular complexity index is 794. The van der Waals surface area contributed by atoms with E-state index in [0.29, 0.717) is 12.4 Å². The maximum Gasteiger partial charge on any atom is 0.218 e. The molecule has 2 aromatic rings. The lowest BCUT2D eigenvalue weighted by Gasteiger charge is -2.38. The Morgan fingerprint density at radius 3 is 2.52 bits per heavy atom. The van der Waals surface area contributed by atoms with E-state index in [4.69, 9.17) is 14.5 Å². The maximum atomic E-state index is 5.51. The van der Waals surface area contributed by atoms with Gasteiger partial charge in [-0.1, -0.05) is 18.2 Å². The molecular weight excluding hydrogens is 481 g/mol. The highest BCUT2D eigenvalue weighted by Gasteiger charge is 2.21. The quantitative estimate of drug-likeness (QED) is 0.366. The first-order valence-electron chi connectivity index (χ1n) is 9.66. The monoisotopic (exact) mass is 511 g/mol. The lowest BCUT2D eigenvalue weighted by Crippen LogP contribution is -2.52. The predicted octanol–water partition coefficient (Wildman–Crippen LogP) is 3.00. The first kappa shape index (κ1) is 23.1. The van der Waals surface area contributed by atoms with E-state index in [1.165, 1.54) is 0 Å². The Morgan fingerprint density at radius 2 is 1.83 bits per heavy atom. The molecule has 0 aliphatic carbocycles. The maximum absolute atomic E-state index is 5.51. The molecule has 1 aromatic heterocycles. The van der Waals surface area contributed by atoms with Gasteiger partial charge in [0.25, 0.3) is 0 Å². The number of aromatic nitrogens is 1. The summed E-state index contributed by atoms with van der Waals surface area (Å²) in [6, 6.07) is 12.1. The van der Waals surface area contributed by atoms with E-state index in [2.05, 4.69) is 39.2 Å². The summed E-state index contributed by atoms with van der Waals surface area (Å²) < 4.78 is 10.8. The number of rotatable bonds is 6. The third kappa shape index (κ3) is 5.88. The zero-order valence-electron chi connectivity index (χ0n) is 17.3. The minimum atomic E-state index is 0. The van der Waals surface area contributed by atoms with Crippen LogP contribution in [0.1, 0.15) is 12.5 Å². The van der Waals surface area contributed by atoms with Crippen LogP contribution in [0.25, 0.3) is 0 Å². The molecule has 1 saturated heterocycles.